The van der Waals surface area contributed by atoms with Crippen LogP contribution < -0.4 is 11.1 Å². The lowest BCUT2D eigenvalue weighted by molar-refractivity contribution is 0.0578. The van der Waals surface area contributed by atoms with Crippen molar-refractivity contribution in [1.82, 2.24) is 10.2 Å². The van der Waals surface area contributed by atoms with E-state index in [1.54, 1.807) is 0 Å². The normalized spacial score (nSPS) is 21.9. The Morgan fingerprint density at radius 1 is 1.56 bits per heavy atom. The van der Waals surface area contributed by atoms with Crippen LogP contribution >= 0.6 is 0 Å². The second-order valence-electron chi connectivity index (χ2n) is 5.05. The molecule has 0 aliphatic heterocycles. The highest BCUT2D eigenvalue weighted by molar-refractivity contribution is 5.80. The van der Waals surface area contributed by atoms with Crippen LogP contribution in [0.1, 0.15) is 32.6 Å². The van der Waals surface area contributed by atoms with Gasteiger partial charge in [0.15, 0.2) is 0 Å². The van der Waals surface area contributed by atoms with Crippen molar-refractivity contribution in [2.75, 3.05) is 20.6 Å². The summed E-state index contributed by atoms with van der Waals surface area (Å²) in [6.45, 7) is 3.03. The summed E-state index contributed by atoms with van der Waals surface area (Å²) in [5, 5.41) is 14.9. The Bertz CT molecular complexity index is 248. The zero-order valence-corrected chi connectivity index (χ0v) is 10.5. The van der Waals surface area contributed by atoms with Crippen molar-refractivity contribution in [3.05, 3.63) is 0 Å². The van der Waals surface area contributed by atoms with E-state index in [-0.39, 0.29) is 11.9 Å². The van der Waals surface area contributed by atoms with Gasteiger partial charge in [0.05, 0.1) is 0 Å². The Morgan fingerprint density at radius 3 is 2.56 bits per heavy atom. The van der Waals surface area contributed by atoms with Crippen molar-refractivity contribution < 1.29 is 5.21 Å². The molecule has 94 valence electrons. The van der Waals surface area contributed by atoms with E-state index in [1.165, 1.54) is 19.3 Å². The molecule has 0 aromatic rings. The van der Waals surface area contributed by atoms with E-state index in [0.29, 0.717) is 12.0 Å². The standard InChI is InChI=1S/C11H24N4O/c1-9(7-10(12)14-16)13-8-11(15(2)3)5-4-6-11/h9,13,16H,4-8H2,1-3H3,(H2,12,14). The average molecular weight is 228 g/mol. The summed E-state index contributed by atoms with van der Waals surface area (Å²) >= 11 is 0. The summed E-state index contributed by atoms with van der Waals surface area (Å²) in [6.07, 6.45) is 4.40. The van der Waals surface area contributed by atoms with Gasteiger partial charge in [-0.15, -0.1) is 0 Å². The molecule has 1 aliphatic carbocycles. The molecule has 0 heterocycles. The number of nitrogens with zero attached hydrogens (tertiary/aromatic N) is 2. The van der Waals surface area contributed by atoms with E-state index in [0.717, 1.165) is 6.54 Å². The molecule has 5 nitrogen and oxygen atoms in total. The first-order valence-corrected chi connectivity index (χ1v) is 5.87. The predicted molar refractivity (Wildman–Crippen MR) is 65.8 cm³/mol. The molecule has 16 heavy (non-hydrogen) atoms. The molecule has 1 fully saturated rings. The molecule has 0 radical (unpaired) electrons. The molecule has 0 saturated heterocycles. The Morgan fingerprint density at radius 2 is 2.19 bits per heavy atom. The molecule has 1 rings (SSSR count). The number of likely N-dealkylation sites (N-methyl/N-ethyl adjacent to an activating group) is 1. The lowest BCUT2D eigenvalue weighted by atomic mass is 9.75. The average Bonchev–Trinajstić information content (AvgIpc) is 2.15. The SMILES string of the molecule is CC(CC(N)=NO)NCC1(N(C)C)CCC1. The maximum atomic E-state index is 8.48. The van der Waals surface area contributed by atoms with E-state index in [1.807, 2.05) is 0 Å². The van der Waals surface area contributed by atoms with Gasteiger partial charge in [0.1, 0.15) is 5.84 Å². The first kappa shape index (κ1) is 13.3. The molecule has 0 bridgehead atoms. The van der Waals surface area contributed by atoms with Gasteiger partial charge in [-0.3, -0.25) is 0 Å². The zero-order chi connectivity index (χ0) is 12.2. The number of nitrogens with one attached hydrogen (secondary N) is 1. The molecule has 0 amide bonds. The van der Waals surface area contributed by atoms with Gasteiger partial charge >= 0.3 is 0 Å². The third-order valence-electron chi connectivity index (χ3n) is 3.66. The molecule has 1 unspecified atom stereocenters. The maximum Gasteiger partial charge on any atom is 0.140 e. The van der Waals surface area contributed by atoms with Crippen LogP contribution in [0.25, 0.3) is 0 Å². The van der Waals surface area contributed by atoms with Crippen LogP contribution in [-0.4, -0.2) is 48.2 Å². The fraction of sp³-hybridized carbons (Fsp3) is 0.909. The Balaban J connectivity index is 2.33. The van der Waals surface area contributed by atoms with Gasteiger partial charge in [0.2, 0.25) is 0 Å². The van der Waals surface area contributed by atoms with Gasteiger partial charge < -0.3 is 21.2 Å². The lowest BCUT2D eigenvalue weighted by Gasteiger charge is -2.48. The van der Waals surface area contributed by atoms with Crippen LogP contribution in [0.2, 0.25) is 0 Å². The molecule has 1 atom stereocenters. The highest BCUT2D eigenvalue weighted by Gasteiger charge is 2.38. The first-order valence-electron chi connectivity index (χ1n) is 5.87. The number of amidine groups is 1. The van der Waals surface area contributed by atoms with Crippen molar-refractivity contribution in [3.8, 4) is 0 Å². The first-order chi connectivity index (χ1) is 7.50. The second-order valence-corrected chi connectivity index (χ2v) is 5.05. The van der Waals surface area contributed by atoms with Crippen molar-refractivity contribution in [1.29, 1.82) is 0 Å². The van der Waals surface area contributed by atoms with Crippen LogP contribution in [0.15, 0.2) is 5.16 Å². The molecule has 1 aliphatic rings. The van der Waals surface area contributed by atoms with Crippen molar-refractivity contribution >= 4 is 5.84 Å². The van der Waals surface area contributed by atoms with Crippen LogP contribution in [0, 0.1) is 0 Å². The largest absolute Gasteiger partial charge is 0.409 e. The number of hydrogen-bond donors (Lipinski definition) is 3. The third-order valence-corrected chi connectivity index (χ3v) is 3.66. The van der Waals surface area contributed by atoms with Gasteiger partial charge in [-0.05, 0) is 40.3 Å². The predicted octanol–water partition coefficient (Wildman–Crippen LogP) is 0.585. The molecule has 0 aromatic heterocycles. The van der Waals surface area contributed by atoms with Gasteiger partial charge in [0.25, 0.3) is 0 Å². The number of nitrogens with two attached hydrogens (primary N) is 1. The van der Waals surface area contributed by atoms with E-state index in [2.05, 4.69) is 36.4 Å². The highest BCUT2D eigenvalue weighted by Crippen LogP contribution is 2.35. The summed E-state index contributed by atoms with van der Waals surface area (Å²) < 4.78 is 0. The summed E-state index contributed by atoms with van der Waals surface area (Å²) in [5.41, 5.74) is 5.79. The fourth-order valence-corrected chi connectivity index (χ4v) is 2.16. The number of hydrogen-bond acceptors (Lipinski definition) is 4. The number of rotatable bonds is 6. The van der Waals surface area contributed by atoms with E-state index < -0.39 is 0 Å². The van der Waals surface area contributed by atoms with E-state index in [9.17, 15) is 0 Å². The highest BCUT2D eigenvalue weighted by atomic mass is 16.4. The monoisotopic (exact) mass is 228 g/mol. The molecular formula is C11H24N4O. The molecule has 0 aromatic carbocycles. The van der Waals surface area contributed by atoms with Gasteiger partial charge in [-0.2, -0.15) is 0 Å². The molecule has 4 N–H and O–H groups in total. The summed E-state index contributed by atoms with van der Waals surface area (Å²) in [7, 11) is 4.27. The van der Waals surface area contributed by atoms with E-state index >= 15 is 0 Å². The molecular weight excluding hydrogens is 204 g/mol. The smallest absolute Gasteiger partial charge is 0.140 e. The van der Waals surface area contributed by atoms with Crippen molar-refractivity contribution in [3.63, 3.8) is 0 Å². The summed E-state index contributed by atoms with van der Waals surface area (Å²) in [6, 6.07) is 0.244. The quantitative estimate of drug-likeness (QED) is 0.269. The van der Waals surface area contributed by atoms with Crippen molar-refractivity contribution in [2.24, 2.45) is 10.9 Å². The molecule has 1 saturated carbocycles. The minimum Gasteiger partial charge on any atom is -0.409 e. The third kappa shape index (κ3) is 3.09. The lowest BCUT2D eigenvalue weighted by Crippen LogP contribution is -2.57. The second kappa shape index (κ2) is 5.50. The van der Waals surface area contributed by atoms with Gasteiger partial charge in [-0.1, -0.05) is 5.16 Å². The topological polar surface area (TPSA) is 73.9 Å². The Kier molecular flexibility index (Phi) is 4.56. The van der Waals surface area contributed by atoms with Crippen LogP contribution in [0.3, 0.4) is 0 Å². The Labute approximate surface area is 97.7 Å². The number of oxime groups is 1. The molecule has 5 heteroatoms. The Hall–Kier alpha value is -0.810. The zero-order valence-electron chi connectivity index (χ0n) is 10.5. The van der Waals surface area contributed by atoms with Gasteiger partial charge in [-0.25, -0.2) is 0 Å². The van der Waals surface area contributed by atoms with Crippen LogP contribution in [-0.2, 0) is 0 Å². The minimum absolute atomic E-state index is 0.244. The van der Waals surface area contributed by atoms with Gasteiger partial charge in [0, 0.05) is 24.5 Å². The molecule has 0 spiro atoms. The minimum atomic E-state index is 0.244. The van der Waals surface area contributed by atoms with Crippen LogP contribution in [0.4, 0.5) is 0 Å². The van der Waals surface area contributed by atoms with E-state index in [4.69, 9.17) is 10.9 Å². The summed E-state index contributed by atoms with van der Waals surface area (Å²) in [5.74, 6) is 0.285. The maximum absolute atomic E-state index is 8.48. The van der Waals surface area contributed by atoms with Crippen molar-refractivity contribution in [2.45, 2.75) is 44.2 Å². The fourth-order valence-electron chi connectivity index (χ4n) is 2.16. The van der Waals surface area contributed by atoms with Crippen LogP contribution in [0.5, 0.6) is 0 Å². The summed E-state index contributed by atoms with van der Waals surface area (Å²) in [4.78, 5) is 2.31.